The molecule has 0 saturated heterocycles. The minimum absolute atomic E-state index is 0.0174. The number of ether oxygens (including phenoxy) is 1. The van der Waals surface area contributed by atoms with Crippen LogP contribution < -0.4 is 4.74 Å². The third-order valence-electron chi connectivity index (χ3n) is 2.46. The molecular formula is C13H14FNO3. The molecule has 18 heavy (non-hydrogen) atoms. The van der Waals surface area contributed by atoms with Crippen molar-refractivity contribution >= 4 is 5.97 Å². The van der Waals surface area contributed by atoms with Crippen LogP contribution in [0.5, 0.6) is 5.75 Å². The second-order valence-electron chi connectivity index (χ2n) is 4.54. The number of nitrogens with zero attached hydrogens (tertiary/aromatic N) is 1. The van der Waals surface area contributed by atoms with Crippen molar-refractivity contribution in [1.29, 1.82) is 5.26 Å². The molecule has 1 aromatic rings. The number of carboxylic acids is 1. The van der Waals surface area contributed by atoms with Crippen LogP contribution in [0, 0.1) is 22.6 Å². The Morgan fingerprint density at radius 3 is 2.78 bits per heavy atom. The maximum absolute atomic E-state index is 13.0. The first-order valence-electron chi connectivity index (χ1n) is 5.42. The van der Waals surface area contributed by atoms with Crippen molar-refractivity contribution in [3.63, 3.8) is 0 Å². The molecular weight excluding hydrogens is 237 g/mol. The van der Waals surface area contributed by atoms with Gasteiger partial charge in [0.15, 0.2) is 0 Å². The van der Waals surface area contributed by atoms with E-state index in [0.717, 1.165) is 18.2 Å². The minimum atomic E-state index is -1.18. The lowest BCUT2D eigenvalue weighted by molar-refractivity contribution is 0.0692. The van der Waals surface area contributed by atoms with Crippen LogP contribution in [0.25, 0.3) is 0 Å². The molecule has 0 bridgehead atoms. The molecule has 1 N–H and O–H groups in total. The third-order valence-corrected chi connectivity index (χ3v) is 2.46. The number of carbonyl (C=O) groups is 1. The zero-order valence-electron chi connectivity index (χ0n) is 10.2. The standard InChI is InChI=1S/C13H14FNO3/c1-13(2,8-15)5-6-18-11-7-9(14)3-4-10(11)12(16)17/h3-4,7H,5-6H2,1-2H3,(H,16,17). The normalized spacial score (nSPS) is 10.8. The second kappa shape index (κ2) is 5.50. The van der Waals surface area contributed by atoms with Crippen molar-refractivity contribution in [2.24, 2.45) is 5.41 Å². The maximum Gasteiger partial charge on any atom is 0.339 e. The smallest absolute Gasteiger partial charge is 0.339 e. The topological polar surface area (TPSA) is 70.3 Å². The Labute approximate surface area is 105 Å². The lowest BCUT2D eigenvalue weighted by atomic mass is 9.92. The van der Waals surface area contributed by atoms with Crippen LogP contribution in [0.4, 0.5) is 4.39 Å². The van der Waals surface area contributed by atoms with E-state index >= 15 is 0 Å². The zero-order chi connectivity index (χ0) is 13.8. The van der Waals surface area contributed by atoms with Crippen molar-refractivity contribution in [2.45, 2.75) is 20.3 Å². The van der Waals surface area contributed by atoms with Gasteiger partial charge in [0.05, 0.1) is 18.1 Å². The molecule has 0 aliphatic carbocycles. The molecule has 0 aliphatic rings. The summed E-state index contributed by atoms with van der Waals surface area (Å²) in [7, 11) is 0. The summed E-state index contributed by atoms with van der Waals surface area (Å²) in [6.07, 6.45) is 0.430. The lowest BCUT2D eigenvalue weighted by Gasteiger charge is -2.16. The number of hydrogen-bond acceptors (Lipinski definition) is 3. The molecule has 1 rings (SSSR count). The molecule has 0 saturated carbocycles. The number of aromatic carboxylic acids is 1. The van der Waals surface area contributed by atoms with Crippen LogP contribution in [0.1, 0.15) is 30.6 Å². The highest BCUT2D eigenvalue weighted by Gasteiger charge is 2.18. The van der Waals surface area contributed by atoms with Crippen molar-refractivity contribution in [2.75, 3.05) is 6.61 Å². The molecule has 0 aromatic heterocycles. The largest absolute Gasteiger partial charge is 0.493 e. The van der Waals surface area contributed by atoms with Gasteiger partial charge in [-0.25, -0.2) is 9.18 Å². The average Bonchev–Trinajstić information content (AvgIpc) is 2.28. The monoisotopic (exact) mass is 251 g/mol. The van der Waals surface area contributed by atoms with E-state index < -0.39 is 17.2 Å². The molecule has 0 radical (unpaired) electrons. The molecule has 0 amide bonds. The van der Waals surface area contributed by atoms with Crippen LogP contribution in [-0.2, 0) is 0 Å². The summed E-state index contributed by atoms with van der Waals surface area (Å²) in [5.41, 5.74) is -0.650. The fourth-order valence-electron chi connectivity index (χ4n) is 1.26. The highest BCUT2D eigenvalue weighted by atomic mass is 19.1. The zero-order valence-corrected chi connectivity index (χ0v) is 10.2. The van der Waals surface area contributed by atoms with E-state index in [9.17, 15) is 9.18 Å². The van der Waals surface area contributed by atoms with Gasteiger partial charge in [-0.05, 0) is 32.4 Å². The van der Waals surface area contributed by atoms with Crippen molar-refractivity contribution in [3.05, 3.63) is 29.6 Å². The number of carboxylic acid groups (broad SMARTS) is 1. The molecule has 0 spiro atoms. The van der Waals surface area contributed by atoms with E-state index in [1.54, 1.807) is 13.8 Å². The number of hydrogen-bond donors (Lipinski definition) is 1. The van der Waals surface area contributed by atoms with Gasteiger partial charge in [0.25, 0.3) is 0 Å². The van der Waals surface area contributed by atoms with Crippen LogP contribution >= 0.6 is 0 Å². The molecule has 0 fully saturated rings. The van der Waals surface area contributed by atoms with E-state index in [1.807, 2.05) is 0 Å². The molecule has 5 heteroatoms. The first kappa shape index (κ1) is 14.0. The maximum atomic E-state index is 13.0. The summed E-state index contributed by atoms with van der Waals surface area (Å²) in [6.45, 7) is 3.66. The summed E-state index contributed by atoms with van der Waals surface area (Å²) >= 11 is 0. The van der Waals surface area contributed by atoms with E-state index in [0.29, 0.717) is 6.42 Å². The van der Waals surface area contributed by atoms with Gasteiger partial charge in [-0.3, -0.25) is 0 Å². The van der Waals surface area contributed by atoms with Crippen LogP contribution in [0.2, 0.25) is 0 Å². The predicted octanol–water partition coefficient (Wildman–Crippen LogP) is 2.84. The third kappa shape index (κ3) is 3.74. The minimum Gasteiger partial charge on any atom is -0.493 e. The quantitative estimate of drug-likeness (QED) is 0.873. The van der Waals surface area contributed by atoms with Gasteiger partial charge >= 0.3 is 5.97 Å². The van der Waals surface area contributed by atoms with Crippen LogP contribution in [0.15, 0.2) is 18.2 Å². The van der Waals surface area contributed by atoms with Crippen molar-refractivity contribution in [3.8, 4) is 11.8 Å². The Morgan fingerprint density at radius 1 is 1.56 bits per heavy atom. The first-order chi connectivity index (χ1) is 8.35. The molecule has 96 valence electrons. The van der Waals surface area contributed by atoms with Crippen LogP contribution in [-0.4, -0.2) is 17.7 Å². The Hall–Kier alpha value is -2.09. The number of rotatable bonds is 5. The molecule has 0 aliphatic heterocycles. The first-order valence-corrected chi connectivity index (χ1v) is 5.42. The summed E-state index contributed by atoms with van der Waals surface area (Å²) < 4.78 is 18.3. The highest BCUT2D eigenvalue weighted by molar-refractivity contribution is 5.90. The predicted molar refractivity (Wildman–Crippen MR) is 62.9 cm³/mol. The molecule has 0 atom stereocenters. The number of halogens is 1. The fraction of sp³-hybridized carbons (Fsp3) is 0.385. The Bertz CT molecular complexity index is 491. The molecule has 0 unspecified atom stereocenters. The molecule has 4 nitrogen and oxygen atoms in total. The van der Waals surface area contributed by atoms with Crippen LogP contribution in [0.3, 0.4) is 0 Å². The van der Waals surface area contributed by atoms with Gasteiger partial charge in [-0.2, -0.15) is 5.26 Å². The number of nitriles is 1. The van der Waals surface area contributed by atoms with Gasteiger partial charge < -0.3 is 9.84 Å². The van der Waals surface area contributed by atoms with Gasteiger partial charge in [0.2, 0.25) is 0 Å². The highest BCUT2D eigenvalue weighted by Crippen LogP contribution is 2.23. The van der Waals surface area contributed by atoms with E-state index in [-0.39, 0.29) is 17.9 Å². The molecule has 1 aromatic carbocycles. The van der Waals surface area contributed by atoms with E-state index in [2.05, 4.69) is 6.07 Å². The SMILES string of the molecule is CC(C)(C#N)CCOc1cc(F)ccc1C(=O)O. The lowest BCUT2D eigenvalue weighted by Crippen LogP contribution is -2.14. The van der Waals surface area contributed by atoms with Gasteiger partial charge in [-0.1, -0.05) is 0 Å². The fourth-order valence-corrected chi connectivity index (χ4v) is 1.26. The van der Waals surface area contributed by atoms with E-state index in [4.69, 9.17) is 15.1 Å². The Balaban J connectivity index is 2.76. The second-order valence-corrected chi connectivity index (χ2v) is 4.54. The Morgan fingerprint density at radius 2 is 2.22 bits per heavy atom. The van der Waals surface area contributed by atoms with Gasteiger partial charge in [0.1, 0.15) is 17.1 Å². The molecule has 0 heterocycles. The van der Waals surface area contributed by atoms with Crippen molar-refractivity contribution in [1.82, 2.24) is 0 Å². The Kier molecular flexibility index (Phi) is 4.27. The average molecular weight is 251 g/mol. The summed E-state index contributed by atoms with van der Waals surface area (Å²) in [5.74, 6) is -1.75. The van der Waals surface area contributed by atoms with Crippen molar-refractivity contribution < 1.29 is 19.0 Å². The summed E-state index contributed by atoms with van der Waals surface area (Å²) in [6, 6.07) is 5.36. The summed E-state index contributed by atoms with van der Waals surface area (Å²) in [4.78, 5) is 10.9. The van der Waals surface area contributed by atoms with E-state index in [1.165, 1.54) is 0 Å². The van der Waals surface area contributed by atoms with Gasteiger partial charge in [-0.15, -0.1) is 0 Å². The number of benzene rings is 1. The summed E-state index contributed by atoms with van der Waals surface area (Å²) in [5, 5.41) is 17.7. The van der Waals surface area contributed by atoms with Gasteiger partial charge in [0, 0.05) is 6.07 Å².